The fourth-order valence-electron chi connectivity index (χ4n) is 2.50. The molecule has 118 valence electrons. The molecule has 7 heteroatoms. The third-order valence-electron chi connectivity index (χ3n) is 3.72. The van der Waals surface area contributed by atoms with Crippen molar-refractivity contribution in [1.29, 1.82) is 0 Å². The number of hydrogen-bond acceptors (Lipinski definition) is 5. The Morgan fingerprint density at radius 2 is 1.96 bits per heavy atom. The van der Waals surface area contributed by atoms with Gasteiger partial charge < -0.3 is 16.0 Å². The summed E-state index contributed by atoms with van der Waals surface area (Å²) < 4.78 is 0. The molecule has 0 saturated carbocycles. The Morgan fingerprint density at radius 1 is 1.22 bits per heavy atom. The minimum Gasteiger partial charge on any atom is -0.382 e. The standard InChI is InChI=1S/C16H17N5O2/c17-15-14(18-7-8-19-15)16(23)20-10-11-3-5-12(6-4-11)21-9-1-2-13(21)22/h3-8H,1-2,9-10H2,(H2,17,19)(H,20,23). The van der Waals surface area contributed by atoms with Crippen LogP contribution in [0.1, 0.15) is 28.9 Å². The molecule has 0 radical (unpaired) electrons. The van der Waals surface area contributed by atoms with Gasteiger partial charge in [0.05, 0.1) is 0 Å². The van der Waals surface area contributed by atoms with E-state index in [1.165, 1.54) is 12.4 Å². The first-order valence-corrected chi connectivity index (χ1v) is 7.39. The molecule has 0 spiro atoms. The van der Waals surface area contributed by atoms with E-state index in [1.807, 2.05) is 24.3 Å². The van der Waals surface area contributed by atoms with Gasteiger partial charge in [-0.1, -0.05) is 12.1 Å². The number of carbonyl (C=O) groups excluding carboxylic acids is 2. The van der Waals surface area contributed by atoms with Crippen molar-refractivity contribution in [2.75, 3.05) is 17.2 Å². The van der Waals surface area contributed by atoms with Crippen LogP contribution in [0.4, 0.5) is 11.5 Å². The first-order chi connectivity index (χ1) is 11.1. The molecule has 2 amide bonds. The number of anilines is 2. The predicted octanol–water partition coefficient (Wildman–Crippen LogP) is 1.12. The van der Waals surface area contributed by atoms with Crippen LogP contribution in [0.2, 0.25) is 0 Å². The Bertz CT molecular complexity index is 730. The molecule has 2 aromatic rings. The summed E-state index contributed by atoms with van der Waals surface area (Å²) in [6.45, 7) is 1.12. The molecule has 2 heterocycles. The van der Waals surface area contributed by atoms with Crippen LogP contribution in [0.5, 0.6) is 0 Å². The Kier molecular flexibility index (Phi) is 4.18. The van der Waals surface area contributed by atoms with Gasteiger partial charge in [0.2, 0.25) is 5.91 Å². The average Bonchev–Trinajstić information content (AvgIpc) is 2.99. The summed E-state index contributed by atoms with van der Waals surface area (Å²) in [4.78, 5) is 33.3. The van der Waals surface area contributed by atoms with E-state index in [4.69, 9.17) is 5.73 Å². The van der Waals surface area contributed by atoms with Gasteiger partial charge in [-0.25, -0.2) is 9.97 Å². The second-order valence-electron chi connectivity index (χ2n) is 5.29. The minimum atomic E-state index is -0.366. The van der Waals surface area contributed by atoms with Crippen molar-refractivity contribution in [2.45, 2.75) is 19.4 Å². The fraction of sp³-hybridized carbons (Fsp3) is 0.250. The number of nitrogen functional groups attached to an aromatic ring is 1. The van der Waals surface area contributed by atoms with Crippen LogP contribution in [0.25, 0.3) is 0 Å². The SMILES string of the molecule is Nc1nccnc1C(=O)NCc1ccc(N2CCCC2=O)cc1. The Morgan fingerprint density at radius 3 is 2.61 bits per heavy atom. The third-order valence-corrected chi connectivity index (χ3v) is 3.72. The number of nitrogens with zero attached hydrogens (tertiary/aromatic N) is 3. The lowest BCUT2D eigenvalue weighted by atomic mass is 10.2. The lowest BCUT2D eigenvalue weighted by Gasteiger charge is -2.16. The average molecular weight is 311 g/mol. The zero-order valence-electron chi connectivity index (χ0n) is 12.5. The smallest absolute Gasteiger partial charge is 0.273 e. The highest BCUT2D eigenvalue weighted by atomic mass is 16.2. The van der Waals surface area contributed by atoms with E-state index in [1.54, 1.807) is 4.90 Å². The van der Waals surface area contributed by atoms with Gasteiger partial charge in [-0.3, -0.25) is 9.59 Å². The number of hydrogen-bond donors (Lipinski definition) is 2. The van der Waals surface area contributed by atoms with Gasteiger partial charge >= 0.3 is 0 Å². The third kappa shape index (κ3) is 3.28. The normalized spacial score (nSPS) is 14.1. The fourth-order valence-corrected chi connectivity index (χ4v) is 2.50. The number of carbonyl (C=O) groups is 2. The lowest BCUT2D eigenvalue weighted by Crippen LogP contribution is -2.25. The zero-order chi connectivity index (χ0) is 16.2. The van der Waals surface area contributed by atoms with Crippen LogP contribution in [-0.2, 0) is 11.3 Å². The Labute approximate surface area is 133 Å². The van der Waals surface area contributed by atoms with Crippen molar-refractivity contribution in [3.63, 3.8) is 0 Å². The molecule has 23 heavy (non-hydrogen) atoms. The highest BCUT2D eigenvalue weighted by molar-refractivity contribution is 5.96. The number of nitrogens with two attached hydrogens (primary N) is 1. The first kappa shape index (κ1) is 15.0. The summed E-state index contributed by atoms with van der Waals surface area (Å²) in [5.74, 6) is -0.105. The van der Waals surface area contributed by atoms with Crippen LogP contribution >= 0.6 is 0 Å². The first-order valence-electron chi connectivity index (χ1n) is 7.39. The van der Waals surface area contributed by atoms with Gasteiger partial charge in [0.25, 0.3) is 5.91 Å². The second-order valence-corrected chi connectivity index (χ2v) is 5.29. The van der Waals surface area contributed by atoms with E-state index in [2.05, 4.69) is 15.3 Å². The van der Waals surface area contributed by atoms with Crippen LogP contribution in [-0.4, -0.2) is 28.3 Å². The molecule has 3 N–H and O–H groups in total. The van der Waals surface area contributed by atoms with Gasteiger partial charge in [-0.05, 0) is 24.1 Å². The summed E-state index contributed by atoms with van der Waals surface area (Å²) in [7, 11) is 0. The molecular weight excluding hydrogens is 294 g/mol. The van der Waals surface area contributed by atoms with Crippen molar-refractivity contribution in [2.24, 2.45) is 0 Å². The van der Waals surface area contributed by atoms with E-state index < -0.39 is 0 Å². The molecule has 1 aromatic carbocycles. The van der Waals surface area contributed by atoms with Gasteiger partial charge in [-0.2, -0.15) is 0 Å². The second kappa shape index (κ2) is 6.43. The molecule has 0 aliphatic carbocycles. The highest BCUT2D eigenvalue weighted by Gasteiger charge is 2.21. The summed E-state index contributed by atoms with van der Waals surface area (Å²) in [5.41, 5.74) is 7.56. The molecule has 1 aliphatic rings. The van der Waals surface area contributed by atoms with Crippen molar-refractivity contribution >= 4 is 23.3 Å². The Hall–Kier alpha value is -2.96. The predicted molar refractivity (Wildman–Crippen MR) is 85.6 cm³/mol. The summed E-state index contributed by atoms with van der Waals surface area (Å²) in [5, 5.41) is 2.75. The number of aromatic nitrogens is 2. The molecule has 0 atom stereocenters. The van der Waals surface area contributed by atoms with Crippen molar-refractivity contribution < 1.29 is 9.59 Å². The number of amides is 2. The molecule has 1 aliphatic heterocycles. The molecule has 1 fully saturated rings. The molecule has 0 bridgehead atoms. The van der Waals surface area contributed by atoms with Gasteiger partial charge in [0.15, 0.2) is 11.5 Å². The van der Waals surface area contributed by atoms with Crippen molar-refractivity contribution in [3.8, 4) is 0 Å². The molecule has 1 saturated heterocycles. The molecule has 3 rings (SSSR count). The van der Waals surface area contributed by atoms with Crippen LogP contribution in [0.15, 0.2) is 36.7 Å². The maximum atomic E-state index is 12.0. The van der Waals surface area contributed by atoms with Crippen molar-refractivity contribution in [3.05, 3.63) is 47.9 Å². The van der Waals surface area contributed by atoms with Gasteiger partial charge in [0, 0.05) is 37.6 Å². The maximum absolute atomic E-state index is 12.0. The number of benzene rings is 1. The van der Waals surface area contributed by atoms with Gasteiger partial charge in [-0.15, -0.1) is 0 Å². The van der Waals surface area contributed by atoms with E-state index in [0.29, 0.717) is 13.0 Å². The van der Waals surface area contributed by atoms with Crippen LogP contribution in [0.3, 0.4) is 0 Å². The summed E-state index contributed by atoms with van der Waals surface area (Å²) in [6.07, 6.45) is 4.37. The molecule has 7 nitrogen and oxygen atoms in total. The summed E-state index contributed by atoms with van der Waals surface area (Å²) in [6, 6.07) is 7.56. The topological polar surface area (TPSA) is 101 Å². The Balaban J connectivity index is 1.62. The lowest BCUT2D eigenvalue weighted by molar-refractivity contribution is -0.117. The largest absolute Gasteiger partial charge is 0.382 e. The minimum absolute atomic E-state index is 0.105. The van der Waals surface area contributed by atoms with Gasteiger partial charge in [0.1, 0.15) is 0 Å². The number of nitrogens with one attached hydrogen (secondary N) is 1. The van der Waals surface area contributed by atoms with Crippen LogP contribution in [0, 0.1) is 0 Å². The molecular formula is C16H17N5O2. The van der Waals surface area contributed by atoms with E-state index in [9.17, 15) is 9.59 Å². The van der Waals surface area contributed by atoms with E-state index in [0.717, 1.165) is 24.2 Å². The van der Waals surface area contributed by atoms with Crippen molar-refractivity contribution in [1.82, 2.24) is 15.3 Å². The highest BCUT2D eigenvalue weighted by Crippen LogP contribution is 2.21. The van der Waals surface area contributed by atoms with E-state index >= 15 is 0 Å². The quantitative estimate of drug-likeness (QED) is 0.881. The molecule has 1 aromatic heterocycles. The maximum Gasteiger partial charge on any atom is 0.273 e. The zero-order valence-corrected chi connectivity index (χ0v) is 12.5. The summed E-state index contributed by atoms with van der Waals surface area (Å²) >= 11 is 0. The van der Waals surface area contributed by atoms with Crippen LogP contribution < -0.4 is 16.0 Å². The van der Waals surface area contributed by atoms with E-state index in [-0.39, 0.29) is 23.3 Å². The monoisotopic (exact) mass is 311 g/mol. The molecule has 0 unspecified atom stereocenters. The number of rotatable bonds is 4.